The van der Waals surface area contributed by atoms with Gasteiger partial charge in [-0.2, -0.15) is 0 Å². The quantitative estimate of drug-likeness (QED) is 0.850. The minimum Gasteiger partial charge on any atom is -0.448 e. The molecule has 0 aliphatic rings. The van der Waals surface area contributed by atoms with Gasteiger partial charge in [0.25, 0.3) is 0 Å². The number of benzene rings is 1. The molecule has 1 atom stereocenters. The second kappa shape index (κ2) is 6.28. The summed E-state index contributed by atoms with van der Waals surface area (Å²) in [6.45, 7) is 2.78. The molecule has 0 saturated carbocycles. The van der Waals surface area contributed by atoms with Crippen LogP contribution < -0.4 is 5.32 Å². The highest BCUT2D eigenvalue weighted by atomic mass is 35.5. The van der Waals surface area contributed by atoms with Gasteiger partial charge in [0.1, 0.15) is 5.76 Å². The van der Waals surface area contributed by atoms with Gasteiger partial charge in [0.05, 0.1) is 6.54 Å². The van der Waals surface area contributed by atoms with E-state index < -0.39 is 0 Å². The van der Waals surface area contributed by atoms with Crippen molar-refractivity contribution in [3.05, 3.63) is 58.0 Å². The third kappa shape index (κ3) is 3.52. The van der Waals surface area contributed by atoms with E-state index in [1.807, 2.05) is 24.3 Å². The van der Waals surface area contributed by atoms with Gasteiger partial charge in [-0.05, 0) is 47.9 Å². The van der Waals surface area contributed by atoms with Crippen LogP contribution in [0.1, 0.15) is 30.7 Å². The Bertz CT molecular complexity index is 510. The van der Waals surface area contributed by atoms with Gasteiger partial charge in [-0.15, -0.1) is 0 Å². The molecule has 0 radical (unpaired) electrons. The van der Waals surface area contributed by atoms with Crippen molar-refractivity contribution in [3.8, 4) is 0 Å². The molecule has 0 aliphatic heterocycles. The Morgan fingerprint density at radius 3 is 2.67 bits per heavy atom. The Balaban J connectivity index is 2.01. The van der Waals surface area contributed by atoms with Gasteiger partial charge in [0, 0.05) is 11.1 Å². The largest absolute Gasteiger partial charge is 0.448 e. The van der Waals surface area contributed by atoms with E-state index in [1.165, 1.54) is 5.56 Å². The van der Waals surface area contributed by atoms with E-state index in [1.54, 1.807) is 6.07 Å². The number of rotatable bonds is 5. The molecule has 0 amide bonds. The summed E-state index contributed by atoms with van der Waals surface area (Å²) in [7, 11) is 0. The lowest BCUT2D eigenvalue weighted by molar-refractivity contribution is 0.444. The van der Waals surface area contributed by atoms with E-state index in [0.29, 0.717) is 11.8 Å². The standard InChI is InChI=1S/C14H15Cl2NO/c1-2-13(10-4-3-5-11(15)8-10)17-9-12-6-7-14(16)18-12/h3-8,13,17H,2,9H2,1H3. The zero-order chi connectivity index (χ0) is 13.0. The molecule has 0 spiro atoms. The normalized spacial score (nSPS) is 12.6. The van der Waals surface area contributed by atoms with Crippen LogP contribution in [0.3, 0.4) is 0 Å². The molecule has 0 fully saturated rings. The van der Waals surface area contributed by atoms with Crippen LogP contribution in [-0.2, 0) is 6.54 Å². The summed E-state index contributed by atoms with van der Waals surface area (Å²) >= 11 is 11.7. The maximum Gasteiger partial charge on any atom is 0.193 e. The number of nitrogens with one attached hydrogen (secondary N) is 1. The van der Waals surface area contributed by atoms with Gasteiger partial charge in [0.15, 0.2) is 5.22 Å². The molecule has 1 aromatic carbocycles. The molecule has 2 nitrogen and oxygen atoms in total. The summed E-state index contributed by atoms with van der Waals surface area (Å²) in [6, 6.07) is 11.8. The molecular formula is C14H15Cl2NO. The highest BCUT2D eigenvalue weighted by Crippen LogP contribution is 2.21. The summed E-state index contributed by atoms with van der Waals surface area (Å²) in [6.07, 6.45) is 0.981. The first kappa shape index (κ1) is 13.5. The fourth-order valence-corrected chi connectivity index (χ4v) is 2.25. The molecule has 18 heavy (non-hydrogen) atoms. The van der Waals surface area contributed by atoms with Gasteiger partial charge >= 0.3 is 0 Å². The highest BCUT2D eigenvalue weighted by Gasteiger charge is 2.10. The van der Waals surface area contributed by atoms with E-state index >= 15 is 0 Å². The van der Waals surface area contributed by atoms with Crippen LogP contribution in [0, 0.1) is 0 Å². The molecule has 1 unspecified atom stereocenters. The molecule has 2 aromatic rings. The first-order valence-electron chi connectivity index (χ1n) is 5.92. The van der Waals surface area contributed by atoms with Crippen molar-refractivity contribution in [1.29, 1.82) is 0 Å². The van der Waals surface area contributed by atoms with E-state index in [-0.39, 0.29) is 6.04 Å². The monoisotopic (exact) mass is 283 g/mol. The second-order valence-corrected chi connectivity index (χ2v) is 4.91. The van der Waals surface area contributed by atoms with E-state index in [9.17, 15) is 0 Å². The Morgan fingerprint density at radius 1 is 1.22 bits per heavy atom. The molecule has 0 bridgehead atoms. The lowest BCUT2D eigenvalue weighted by atomic mass is 10.0. The molecule has 1 N–H and O–H groups in total. The smallest absolute Gasteiger partial charge is 0.193 e. The molecule has 2 rings (SSSR count). The Kier molecular flexibility index (Phi) is 4.70. The average Bonchev–Trinajstić information content (AvgIpc) is 2.76. The molecule has 96 valence electrons. The van der Waals surface area contributed by atoms with Gasteiger partial charge < -0.3 is 9.73 Å². The minimum absolute atomic E-state index is 0.257. The summed E-state index contributed by atoms with van der Waals surface area (Å²) in [5.41, 5.74) is 1.18. The predicted octanol–water partition coefficient (Wildman–Crippen LogP) is 4.83. The lowest BCUT2D eigenvalue weighted by Gasteiger charge is -2.16. The van der Waals surface area contributed by atoms with Gasteiger partial charge in [-0.1, -0.05) is 30.7 Å². The molecule has 1 heterocycles. The van der Waals surface area contributed by atoms with Crippen LogP contribution >= 0.6 is 23.2 Å². The number of halogens is 2. The molecule has 0 saturated heterocycles. The van der Waals surface area contributed by atoms with Crippen molar-refractivity contribution in [1.82, 2.24) is 5.32 Å². The highest BCUT2D eigenvalue weighted by molar-refractivity contribution is 6.30. The Hall–Kier alpha value is -0.960. The zero-order valence-corrected chi connectivity index (χ0v) is 11.6. The summed E-state index contributed by atoms with van der Waals surface area (Å²) in [5, 5.41) is 4.61. The van der Waals surface area contributed by atoms with E-state index in [2.05, 4.69) is 18.3 Å². The minimum atomic E-state index is 0.257. The lowest BCUT2D eigenvalue weighted by Crippen LogP contribution is -2.19. The second-order valence-electron chi connectivity index (χ2n) is 4.10. The van der Waals surface area contributed by atoms with Crippen molar-refractivity contribution in [2.24, 2.45) is 0 Å². The predicted molar refractivity (Wildman–Crippen MR) is 75.0 cm³/mol. The fraction of sp³-hybridized carbons (Fsp3) is 0.286. The molecule has 1 aromatic heterocycles. The number of hydrogen-bond acceptors (Lipinski definition) is 2. The third-order valence-corrected chi connectivity index (χ3v) is 3.25. The zero-order valence-electron chi connectivity index (χ0n) is 10.1. The fourth-order valence-electron chi connectivity index (χ4n) is 1.89. The SMILES string of the molecule is CCC(NCc1ccc(Cl)o1)c1cccc(Cl)c1. The van der Waals surface area contributed by atoms with Crippen molar-refractivity contribution in [2.45, 2.75) is 25.9 Å². The van der Waals surface area contributed by atoms with Crippen molar-refractivity contribution < 1.29 is 4.42 Å². The Labute approximate surface area is 117 Å². The maximum absolute atomic E-state index is 6.00. The van der Waals surface area contributed by atoms with Crippen molar-refractivity contribution in [2.75, 3.05) is 0 Å². The van der Waals surface area contributed by atoms with Gasteiger partial charge in [-0.25, -0.2) is 0 Å². The first-order chi connectivity index (χ1) is 8.69. The number of hydrogen-bond donors (Lipinski definition) is 1. The first-order valence-corrected chi connectivity index (χ1v) is 6.67. The molecule has 4 heteroatoms. The van der Waals surface area contributed by atoms with Gasteiger partial charge in [0.2, 0.25) is 0 Å². The molecule has 0 aliphatic carbocycles. The van der Waals surface area contributed by atoms with Crippen LogP contribution in [0.5, 0.6) is 0 Å². The van der Waals surface area contributed by atoms with Crippen molar-refractivity contribution in [3.63, 3.8) is 0 Å². The van der Waals surface area contributed by atoms with Crippen LogP contribution in [0.2, 0.25) is 10.2 Å². The van der Waals surface area contributed by atoms with Crippen LogP contribution in [0.4, 0.5) is 0 Å². The van der Waals surface area contributed by atoms with E-state index in [0.717, 1.165) is 17.2 Å². The summed E-state index contributed by atoms with van der Waals surface area (Å²) in [4.78, 5) is 0. The Morgan fingerprint density at radius 2 is 2.06 bits per heavy atom. The van der Waals surface area contributed by atoms with Crippen LogP contribution in [0.15, 0.2) is 40.8 Å². The average molecular weight is 284 g/mol. The van der Waals surface area contributed by atoms with Gasteiger partial charge in [-0.3, -0.25) is 0 Å². The van der Waals surface area contributed by atoms with Crippen molar-refractivity contribution >= 4 is 23.2 Å². The third-order valence-electron chi connectivity index (χ3n) is 2.81. The van der Waals surface area contributed by atoms with E-state index in [4.69, 9.17) is 27.6 Å². The topological polar surface area (TPSA) is 25.2 Å². The van der Waals surface area contributed by atoms with Crippen LogP contribution in [-0.4, -0.2) is 0 Å². The summed E-state index contributed by atoms with van der Waals surface area (Å²) in [5.74, 6) is 0.834. The maximum atomic E-state index is 6.00. The number of furan rings is 1. The molecular weight excluding hydrogens is 269 g/mol. The van der Waals surface area contributed by atoms with Crippen LogP contribution in [0.25, 0.3) is 0 Å². The summed E-state index contributed by atoms with van der Waals surface area (Å²) < 4.78 is 5.31.